The van der Waals surface area contributed by atoms with Gasteiger partial charge < -0.3 is 20.3 Å². The number of likely N-dealkylation sites (N-methyl/N-ethyl adjacent to an activating group) is 1. The van der Waals surface area contributed by atoms with Gasteiger partial charge in [0.05, 0.1) is 17.5 Å². The van der Waals surface area contributed by atoms with E-state index in [-0.39, 0.29) is 17.7 Å². The first-order chi connectivity index (χ1) is 12.9. The fraction of sp³-hybridized carbons (Fsp3) is 0.235. The molecular formula is C17H16N6O4. The molecule has 10 heteroatoms. The summed E-state index contributed by atoms with van der Waals surface area (Å²) in [6, 6.07) is 6.64. The number of hydrogen-bond acceptors (Lipinski definition) is 7. The van der Waals surface area contributed by atoms with Crippen molar-refractivity contribution < 1.29 is 19.2 Å². The first kappa shape index (κ1) is 16.9. The molecule has 10 nitrogen and oxygen atoms in total. The quantitative estimate of drug-likeness (QED) is 0.664. The lowest BCUT2D eigenvalue weighted by molar-refractivity contribution is -0.144. The Morgan fingerprint density at radius 2 is 2.19 bits per heavy atom. The van der Waals surface area contributed by atoms with Crippen molar-refractivity contribution >= 4 is 11.8 Å². The SMILES string of the molecule is CN1CCC(O)(c2cc(-c3cccc(-n4cc(C(N)=O)cn4)n3)no2)C1=O. The van der Waals surface area contributed by atoms with Crippen LogP contribution in [-0.2, 0) is 10.4 Å². The number of aromatic nitrogens is 4. The minimum absolute atomic E-state index is 0.0779. The van der Waals surface area contributed by atoms with Gasteiger partial charge in [-0.3, -0.25) is 9.59 Å². The van der Waals surface area contributed by atoms with Gasteiger partial charge in [0.1, 0.15) is 5.69 Å². The number of rotatable bonds is 4. The number of nitrogens with zero attached hydrogens (tertiary/aromatic N) is 5. The predicted molar refractivity (Wildman–Crippen MR) is 91.5 cm³/mol. The van der Waals surface area contributed by atoms with E-state index in [2.05, 4.69) is 15.2 Å². The third kappa shape index (κ3) is 2.75. The van der Waals surface area contributed by atoms with Crippen molar-refractivity contribution in [3.63, 3.8) is 0 Å². The normalized spacial score (nSPS) is 19.6. The van der Waals surface area contributed by atoms with E-state index in [1.54, 1.807) is 25.2 Å². The monoisotopic (exact) mass is 368 g/mol. The largest absolute Gasteiger partial charge is 0.373 e. The van der Waals surface area contributed by atoms with Gasteiger partial charge in [0.15, 0.2) is 11.6 Å². The van der Waals surface area contributed by atoms with Crippen LogP contribution in [0.4, 0.5) is 0 Å². The highest BCUT2D eigenvalue weighted by Gasteiger charge is 2.48. The molecule has 0 aromatic carbocycles. The molecule has 4 heterocycles. The number of amides is 2. The van der Waals surface area contributed by atoms with Gasteiger partial charge in [-0.15, -0.1) is 0 Å². The highest BCUT2D eigenvalue weighted by atomic mass is 16.5. The van der Waals surface area contributed by atoms with Crippen LogP contribution < -0.4 is 5.73 Å². The highest BCUT2D eigenvalue weighted by Crippen LogP contribution is 2.34. The fourth-order valence-electron chi connectivity index (χ4n) is 2.94. The summed E-state index contributed by atoms with van der Waals surface area (Å²) in [7, 11) is 1.62. The summed E-state index contributed by atoms with van der Waals surface area (Å²) in [6.45, 7) is 0.431. The molecule has 0 spiro atoms. The molecule has 27 heavy (non-hydrogen) atoms. The average Bonchev–Trinajstić information content (AvgIpc) is 3.39. The highest BCUT2D eigenvalue weighted by molar-refractivity contribution is 5.92. The maximum absolute atomic E-state index is 12.2. The Balaban J connectivity index is 1.66. The van der Waals surface area contributed by atoms with Gasteiger partial charge in [0.2, 0.25) is 5.60 Å². The maximum Gasteiger partial charge on any atom is 0.262 e. The van der Waals surface area contributed by atoms with E-state index in [1.165, 1.54) is 28.0 Å². The molecule has 1 aliphatic rings. The van der Waals surface area contributed by atoms with Gasteiger partial charge in [0, 0.05) is 32.3 Å². The van der Waals surface area contributed by atoms with E-state index < -0.39 is 17.4 Å². The lowest BCUT2D eigenvalue weighted by Gasteiger charge is -2.16. The zero-order valence-electron chi connectivity index (χ0n) is 14.4. The molecule has 0 saturated carbocycles. The van der Waals surface area contributed by atoms with Crippen molar-refractivity contribution in [1.82, 2.24) is 24.8 Å². The second kappa shape index (κ2) is 6.02. The second-order valence-corrected chi connectivity index (χ2v) is 6.33. The van der Waals surface area contributed by atoms with E-state index in [4.69, 9.17) is 10.3 Å². The Bertz CT molecular complexity index is 1040. The van der Waals surface area contributed by atoms with Crippen LogP contribution in [0, 0.1) is 0 Å². The first-order valence-electron chi connectivity index (χ1n) is 8.16. The van der Waals surface area contributed by atoms with Crippen LogP contribution in [0.3, 0.4) is 0 Å². The van der Waals surface area contributed by atoms with Gasteiger partial charge in [-0.05, 0) is 12.1 Å². The summed E-state index contributed by atoms with van der Waals surface area (Å²) in [5.74, 6) is -0.491. The van der Waals surface area contributed by atoms with Crippen LogP contribution in [0.5, 0.6) is 0 Å². The van der Waals surface area contributed by atoms with Crippen LogP contribution >= 0.6 is 0 Å². The lowest BCUT2D eigenvalue weighted by atomic mass is 9.98. The number of carbonyl (C=O) groups is 2. The summed E-state index contributed by atoms with van der Waals surface area (Å²) < 4.78 is 6.65. The Labute approximate surface area is 153 Å². The summed E-state index contributed by atoms with van der Waals surface area (Å²) in [5, 5.41) is 18.6. The van der Waals surface area contributed by atoms with Crippen LogP contribution in [0.25, 0.3) is 17.2 Å². The topological polar surface area (TPSA) is 140 Å². The van der Waals surface area contributed by atoms with Gasteiger partial charge >= 0.3 is 0 Å². The van der Waals surface area contributed by atoms with Crippen LogP contribution in [0.15, 0.2) is 41.2 Å². The summed E-state index contributed by atoms with van der Waals surface area (Å²) in [4.78, 5) is 29.3. The molecule has 3 aromatic rings. The molecule has 1 aliphatic heterocycles. The number of nitrogens with two attached hydrogens (primary N) is 1. The summed E-state index contributed by atoms with van der Waals surface area (Å²) in [5.41, 5.74) is 4.61. The Morgan fingerprint density at radius 1 is 1.37 bits per heavy atom. The molecule has 3 N–H and O–H groups in total. The third-order valence-corrected chi connectivity index (χ3v) is 4.53. The Kier molecular flexibility index (Phi) is 3.77. The van der Waals surface area contributed by atoms with E-state index in [0.717, 1.165) is 0 Å². The number of carbonyl (C=O) groups excluding carboxylic acids is 2. The van der Waals surface area contributed by atoms with Crippen molar-refractivity contribution in [3.05, 3.63) is 48.0 Å². The fourth-order valence-corrected chi connectivity index (χ4v) is 2.94. The van der Waals surface area contributed by atoms with Crippen molar-refractivity contribution in [3.8, 4) is 17.2 Å². The number of pyridine rings is 1. The van der Waals surface area contributed by atoms with Crippen LogP contribution in [-0.4, -0.2) is 55.3 Å². The minimum Gasteiger partial charge on any atom is -0.373 e. The van der Waals surface area contributed by atoms with E-state index in [1.807, 2.05) is 0 Å². The van der Waals surface area contributed by atoms with E-state index in [9.17, 15) is 14.7 Å². The molecule has 1 fully saturated rings. The van der Waals surface area contributed by atoms with Crippen LogP contribution in [0.1, 0.15) is 22.5 Å². The Hall–Kier alpha value is -3.53. The standard InChI is InChI=1S/C17H16N6O4/c1-22-6-5-17(26,16(22)25)13-7-12(21-27-13)11-3-2-4-14(20-11)23-9-10(8-19-23)15(18)24/h2-4,7-9,26H,5-6H2,1H3,(H2,18,24). The summed E-state index contributed by atoms with van der Waals surface area (Å²) in [6.07, 6.45) is 3.05. The molecule has 0 radical (unpaired) electrons. The molecular weight excluding hydrogens is 352 g/mol. The van der Waals surface area contributed by atoms with Gasteiger partial charge in [0.25, 0.3) is 11.8 Å². The molecule has 0 aliphatic carbocycles. The van der Waals surface area contributed by atoms with Gasteiger partial charge in [-0.1, -0.05) is 11.2 Å². The first-order valence-corrected chi connectivity index (χ1v) is 8.16. The molecule has 3 aromatic heterocycles. The van der Waals surface area contributed by atoms with E-state index in [0.29, 0.717) is 23.8 Å². The Morgan fingerprint density at radius 3 is 2.85 bits per heavy atom. The zero-order chi connectivity index (χ0) is 19.2. The predicted octanol–water partition coefficient (Wildman–Crippen LogP) is 0.0709. The average molecular weight is 368 g/mol. The number of aliphatic hydroxyl groups is 1. The van der Waals surface area contributed by atoms with Gasteiger partial charge in [-0.2, -0.15) is 5.10 Å². The minimum atomic E-state index is -1.71. The number of likely N-dealkylation sites (tertiary alicyclic amines) is 1. The molecule has 4 rings (SSSR count). The van der Waals surface area contributed by atoms with Crippen molar-refractivity contribution in [2.24, 2.45) is 5.73 Å². The molecule has 1 saturated heterocycles. The van der Waals surface area contributed by atoms with Crippen molar-refractivity contribution in [1.29, 1.82) is 0 Å². The van der Waals surface area contributed by atoms with Crippen molar-refractivity contribution in [2.75, 3.05) is 13.6 Å². The molecule has 2 amide bonds. The summed E-state index contributed by atoms with van der Waals surface area (Å²) >= 11 is 0. The maximum atomic E-state index is 12.2. The van der Waals surface area contributed by atoms with Crippen LogP contribution in [0.2, 0.25) is 0 Å². The number of hydrogen-bond donors (Lipinski definition) is 2. The van der Waals surface area contributed by atoms with Crippen molar-refractivity contribution in [2.45, 2.75) is 12.0 Å². The molecule has 1 atom stereocenters. The zero-order valence-corrected chi connectivity index (χ0v) is 14.4. The van der Waals surface area contributed by atoms with E-state index >= 15 is 0 Å². The number of primary amides is 1. The third-order valence-electron chi connectivity index (χ3n) is 4.53. The lowest BCUT2D eigenvalue weighted by Crippen LogP contribution is -2.35. The smallest absolute Gasteiger partial charge is 0.262 e. The van der Waals surface area contributed by atoms with Gasteiger partial charge in [-0.25, -0.2) is 9.67 Å². The molecule has 0 bridgehead atoms. The molecule has 1 unspecified atom stereocenters. The molecule has 138 valence electrons. The second-order valence-electron chi connectivity index (χ2n) is 6.33.